The van der Waals surface area contributed by atoms with Crippen molar-refractivity contribution in [3.63, 3.8) is 0 Å². The third-order valence-electron chi connectivity index (χ3n) is 7.49. The monoisotopic (exact) mass is 506 g/mol. The number of nitrogens with one attached hydrogen (secondary N) is 1. The van der Waals surface area contributed by atoms with E-state index < -0.39 is 10.0 Å². The molecule has 1 amide bonds. The summed E-state index contributed by atoms with van der Waals surface area (Å²) in [6.45, 7) is 6.73. The molecular weight excluding hydrogens is 472 g/mol. The van der Waals surface area contributed by atoms with Crippen LogP contribution in [0.2, 0.25) is 0 Å². The van der Waals surface area contributed by atoms with Crippen LogP contribution in [-0.4, -0.2) is 49.8 Å². The topological polar surface area (TPSA) is 82.6 Å². The van der Waals surface area contributed by atoms with E-state index in [4.69, 9.17) is 4.98 Å². The number of hydrogen-bond acceptors (Lipinski definition) is 5. The minimum atomic E-state index is -3.48. The summed E-state index contributed by atoms with van der Waals surface area (Å²) >= 11 is 0. The van der Waals surface area contributed by atoms with Crippen molar-refractivity contribution < 1.29 is 13.2 Å². The van der Waals surface area contributed by atoms with Gasteiger partial charge < -0.3 is 10.2 Å². The number of hydrogen-bond donors (Lipinski definition) is 1. The molecule has 0 spiro atoms. The van der Waals surface area contributed by atoms with Crippen molar-refractivity contribution in [2.24, 2.45) is 5.92 Å². The number of aryl methyl sites for hydroxylation is 2. The number of benzene rings is 2. The summed E-state index contributed by atoms with van der Waals surface area (Å²) in [5.41, 5.74) is 3.95. The van der Waals surface area contributed by atoms with Gasteiger partial charge in [-0.25, -0.2) is 13.4 Å². The van der Waals surface area contributed by atoms with Gasteiger partial charge in [-0.1, -0.05) is 12.5 Å². The zero-order valence-corrected chi connectivity index (χ0v) is 21.9. The SMILES string of the molecule is Cc1ccc(NC(=O)C2CCCN(c3ccc4cc(S(=O)(=O)N5CCCCC5)ccc4n3)C2)cc1C. The van der Waals surface area contributed by atoms with E-state index in [1.54, 1.807) is 22.5 Å². The maximum absolute atomic E-state index is 13.1. The lowest BCUT2D eigenvalue weighted by molar-refractivity contribution is -0.120. The van der Waals surface area contributed by atoms with Gasteiger partial charge in [-0.2, -0.15) is 4.31 Å². The highest BCUT2D eigenvalue weighted by molar-refractivity contribution is 7.89. The fourth-order valence-electron chi connectivity index (χ4n) is 5.15. The summed E-state index contributed by atoms with van der Waals surface area (Å²) in [6.07, 6.45) is 4.67. The van der Waals surface area contributed by atoms with Crippen molar-refractivity contribution in [3.8, 4) is 0 Å². The molecule has 0 bridgehead atoms. The zero-order valence-electron chi connectivity index (χ0n) is 21.0. The van der Waals surface area contributed by atoms with E-state index in [1.807, 2.05) is 37.3 Å². The number of pyridine rings is 1. The molecule has 190 valence electrons. The van der Waals surface area contributed by atoms with E-state index in [-0.39, 0.29) is 11.8 Å². The second-order valence-corrected chi connectivity index (χ2v) is 12.0. The maximum atomic E-state index is 13.1. The number of sulfonamides is 1. The summed E-state index contributed by atoms with van der Waals surface area (Å²) in [4.78, 5) is 20.3. The van der Waals surface area contributed by atoms with Gasteiger partial charge in [-0.15, -0.1) is 0 Å². The predicted octanol–water partition coefficient (Wildman–Crippen LogP) is 4.88. The lowest BCUT2D eigenvalue weighted by Crippen LogP contribution is -2.41. The van der Waals surface area contributed by atoms with Gasteiger partial charge in [0, 0.05) is 37.3 Å². The number of carbonyl (C=O) groups is 1. The fraction of sp³-hybridized carbons (Fsp3) is 0.429. The van der Waals surface area contributed by atoms with Crippen LogP contribution < -0.4 is 10.2 Å². The van der Waals surface area contributed by atoms with Crippen molar-refractivity contribution >= 4 is 38.3 Å². The number of fused-ring (bicyclic) bond motifs is 1. The van der Waals surface area contributed by atoms with Gasteiger partial charge in [0.2, 0.25) is 15.9 Å². The van der Waals surface area contributed by atoms with E-state index in [2.05, 4.69) is 17.1 Å². The lowest BCUT2D eigenvalue weighted by atomic mass is 9.96. The molecule has 7 nitrogen and oxygen atoms in total. The standard InChI is InChI=1S/C28H34N4O3S/c1-20-8-10-24(17-21(20)2)29-28(33)23-7-6-14-31(19-23)27-13-9-22-18-25(11-12-26(22)30-27)36(34,35)32-15-4-3-5-16-32/h8-13,17-18,23H,3-7,14-16,19H2,1-2H3,(H,29,33). The summed E-state index contributed by atoms with van der Waals surface area (Å²) in [6, 6.07) is 15.0. The molecule has 5 rings (SSSR count). The molecule has 0 aliphatic carbocycles. The maximum Gasteiger partial charge on any atom is 0.243 e. The Labute approximate surface area is 213 Å². The van der Waals surface area contributed by atoms with Crippen LogP contribution in [0.1, 0.15) is 43.2 Å². The molecule has 0 saturated carbocycles. The van der Waals surface area contributed by atoms with Crippen LogP contribution in [0.3, 0.4) is 0 Å². The van der Waals surface area contributed by atoms with Gasteiger partial charge in [0.25, 0.3) is 0 Å². The number of nitrogens with zero attached hydrogens (tertiary/aromatic N) is 3. The fourth-order valence-corrected chi connectivity index (χ4v) is 6.70. The third-order valence-corrected chi connectivity index (χ3v) is 9.38. The van der Waals surface area contributed by atoms with E-state index >= 15 is 0 Å². The largest absolute Gasteiger partial charge is 0.356 e. The van der Waals surface area contributed by atoms with E-state index in [0.29, 0.717) is 24.5 Å². The summed E-state index contributed by atoms with van der Waals surface area (Å²) in [5, 5.41) is 3.89. The second-order valence-electron chi connectivity index (χ2n) is 10.1. The quantitative estimate of drug-likeness (QED) is 0.533. The molecule has 2 fully saturated rings. The van der Waals surface area contributed by atoms with Crippen LogP contribution in [-0.2, 0) is 14.8 Å². The molecule has 2 aliphatic heterocycles. The third kappa shape index (κ3) is 5.11. The minimum Gasteiger partial charge on any atom is -0.356 e. The first-order chi connectivity index (χ1) is 17.3. The molecule has 3 aromatic rings. The molecule has 2 aliphatic rings. The Morgan fingerprint density at radius 3 is 2.50 bits per heavy atom. The molecule has 1 unspecified atom stereocenters. The molecule has 1 aromatic heterocycles. The lowest BCUT2D eigenvalue weighted by Gasteiger charge is -2.33. The molecule has 3 heterocycles. The average molecular weight is 507 g/mol. The van der Waals surface area contributed by atoms with Crippen LogP contribution >= 0.6 is 0 Å². The smallest absolute Gasteiger partial charge is 0.243 e. The van der Waals surface area contributed by atoms with Gasteiger partial charge in [0.05, 0.1) is 16.3 Å². The molecule has 36 heavy (non-hydrogen) atoms. The number of anilines is 2. The number of carbonyl (C=O) groups excluding carboxylic acids is 1. The van der Waals surface area contributed by atoms with Crippen molar-refractivity contribution in [2.75, 3.05) is 36.4 Å². The van der Waals surface area contributed by atoms with Gasteiger partial charge in [0.1, 0.15) is 5.82 Å². The van der Waals surface area contributed by atoms with E-state index in [0.717, 1.165) is 66.6 Å². The average Bonchev–Trinajstić information content (AvgIpc) is 2.90. The van der Waals surface area contributed by atoms with Crippen molar-refractivity contribution in [1.29, 1.82) is 0 Å². The Balaban J connectivity index is 1.30. The molecule has 8 heteroatoms. The van der Waals surface area contributed by atoms with Crippen LogP contribution in [0.5, 0.6) is 0 Å². The van der Waals surface area contributed by atoms with E-state index in [9.17, 15) is 13.2 Å². The molecule has 0 radical (unpaired) electrons. The van der Waals surface area contributed by atoms with Crippen molar-refractivity contribution in [1.82, 2.24) is 9.29 Å². The predicted molar refractivity (Wildman–Crippen MR) is 144 cm³/mol. The minimum absolute atomic E-state index is 0.0382. The molecular formula is C28H34N4O3S. The van der Waals surface area contributed by atoms with Crippen molar-refractivity contribution in [3.05, 3.63) is 59.7 Å². The Hall–Kier alpha value is -2.97. The van der Waals surface area contributed by atoms with Crippen LogP contribution in [0.15, 0.2) is 53.4 Å². The normalized spacial score (nSPS) is 19.4. The Morgan fingerprint density at radius 2 is 1.72 bits per heavy atom. The number of rotatable bonds is 5. The first-order valence-electron chi connectivity index (χ1n) is 12.9. The Morgan fingerprint density at radius 1 is 0.917 bits per heavy atom. The van der Waals surface area contributed by atoms with Crippen molar-refractivity contribution in [2.45, 2.75) is 50.8 Å². The first-order valence-corrected chi connectivity index (χ1v) is 14.3. The highest BCUT2D eigenvalue weighted by atomic mass is 32.2. The summed E-state index contributed by atoms with van der Waals surface area (Å²) < 4.78 is 27.7. The highest BCUT2D eigenvalue weighted by Crippen LogP contribution is 2.28. The van der Waals surface area contributed by atoms with Crippen LogP contribution in [0.25, 0.3) is 10.9 Å². The number of amides is 1. The molecule has 2 saturated heterocycles. The van der Waals surface area contributed by atoms with Crippen LogP contribution in [0, 0.1) is 19.8 Å². The number of piperidine rings is 2. The summed E-state index contributed by atoms with van der Waals surface area (Å²) in [7, 11) is -3.48. The van der Waals surface area contributed by atoms with Gasteiger partial charge in [0.15, 0.2) is 0 Å². The second kappa shape index (κ2) is 10.2. The van der Waals surface area contributed by atoms with Gasteiger partial charge >= 0.3 is 0 Å². The zero-order chi connectivity index (χ0) is 25.3. The molecule has 1 atom stereocenters. The van der Waals surface area contributed by atoms with Crippen LogP contribution in [0.4, 0.5) is 11.5 Å². The van der Waals surface area contributed by atoms with Gasteiger partial charge in [-0.05, 0) is 93.1 Å². The Kier molecular flexibility index (Phi) is 6.99. The first kappa shape index (κ1) is 24.7. The highest BCUT2D eigenvalue weighted by Gasteiger charge is 2.28. The van der Waals surface area contributed by atoms with Gasteiger partial charge in [-0.3, -0.25) is 4.79 Å². The number of aromatic nitrogens is 1. The summed E-state index contributed by atoms with van der Waals surface area (Å²) in [5.74, 6) is 0.740. The molecule has 2 aromatic carbocycles. The van der Waals surface area contributed by atoms with E-state index in [1.165, 1.54) is 5.56 Å². The Bertz CT molecular complexity index is 1380. The molecule has 1 N–H and O–H groups in total.